The van der Waals surface area contributed by atoms with Gasteiger partial charge >= 0.3 is 0 Å². The van der Waals surface area contributed by atoms with Crippen molar-refractivity contribution in [3.05, 3.63) is 22.2 Å². The summed E-state index contributed by atoms with van der Waals surface area (Å²) in [4.78, 5) is 0. The second-order valence-corrected chi connectivity index (χ2v) is 7.56. The number of halogens is 1. The van der Waals surface area contributed by atoms with Gasteiger partial charge in [0.05, 0.1) is 17.7 Å². The Morgan fingerprint density at radius 1 is 1.18 bits per heavy atom. The summed E-state index contributed by atoms with van der Waals surface area (Å²) in [6.45, 7) is 0.700. The van der Waals surface area contributed by atoms with Gasteiger partial charge < -0.3 is 15.2 Å². The number of hydrogen-bond donors (Lipinski definition) is 1. The third kappa shape index (κ3) is 3.00. The molecule has 2 aliphatic rings. The average molecular weight is 368 g/mol. The second-order valence-electron chi connectivity index (χ2n) is 6.71. The Kier molecular flexibility index (Phi) is 4.98. The Morgan fingerprint density at radius 2 is 1.86 bits per heavy atom. The first-order chi connectivity index (χ1) is 10.7. The molecule has 3 rings (SSSR count). The maximum Gasteiger partial charge on any atom is 0.175 e. The van der Waals surface area contributed by atoms with Gasteiger partial charge in [-0.1, -0.05) is 12.8 Å². The molecule has 2 aliphatic carbocycles. The molecule has 0 bridgehead atoms. The van der Waals surface area contributed by atoms with Gasteiger partial charge in [-0.3, -0.25) is 0 Å². The average Bonchev–Trinajstić information content (AvgIpc) is 3.20. The van der Waals surface area contributed by atoms with E-state index in [-0.39, 0.29) is 5.41 Å². The van der Waals surface area contributed by atoms with Gasteiger partial charge in [-0.25, -0.2) is 0 Å². The van der Waals surface area contributed by atoms with Crippen molar-refractivity contribution in [1.29, 1.82) is 0 Å². The Morgan fingerprint density at radius 3 is 2.45 bits per heavy atom. The lowest BCUT2D eigenvalue weighted by atomic mass is 9.79. The summed E-state index contributed by atoms with van der Waals surface area (Å²) >= 11 is 3.70. The van der Waals surface area contributed by atoms with Crippen LogP contribution in [0.25, 0.3) is 0 Å². The van der Waals surface area contributed by atoms with E-state index in [0.717, 1.165) is 28.8 Å². The van der Waals surface area contributed by atoms with Crippen molar-refractivity contribution in [1.82, 2.24) is 0 Å². The highest BCUT2D eigenvalue weighted by Gasteiger charge is 2.35. The van der Waals surface area contributed by atoms with E-state index in [9.17, 15) is 0 Å². The predicted molar refractivity (Wildman–Crippen MR) is 92.8 cm³/mol. The van der Waals surface area contributed by atoms with E-state index in [1.807, 2.05) is 0 Å². The van der Waals surface area contributed by atoms with Gasteiger partial charge in [-0.2, -0.15) is 0 Å². The molecular weight excluding hydrogens is 342 g/mol. The normalized spacial score (nSPS) is 21.2. The third-order valence-corrected chi connectivity index (χ3v) is 5.97. The first kappa shape index (κ1) is 16.1. The molecule has 2 N–H and O–H groups in total. The highest BCUT2D eigenvalue weighted by Crippen LogP contribution is 2.46. The molecule has 3 nitrogen and oxygen atoms in total. The van der Waals surface area contributed by atoms with E-state index in [2.05, 4.69) is 28.1 Å². The largest absolute Gasteiger partial charge is 0.493 e. The van der Waals surface area contributed by atoms with E-state index in [0.29, 0.717) is 12.6 Å². The van der Waals surface area contributed by atoms with E-state index in [4.69, 9.17) is 15.2 Å². The molecule has 2 fully saturated rings. The molecule has 0 unspecified atom stereocenters. The smallest absolute Gasteiger partial charge is 0.175 e. The third-order valence-electron chi connectivity index (χ3n) is 5.38. The quantitative estimate of drug-likeness (QED) is 0.829. The fourth-order valence-corrected chi connectivity index (χ4v) is 4.51. The maximum atomic E-state index is 6.21. The second kappa shape index (κ2) is 6.79. The minimum atomic E-state index is 0.113. The number of methoxy groups -OCH3 is 1. The minimum Gasteiger partial charge on any atom is -0.493 e. The first-order valence-corrected chi connectivity index (χ1v) is 9.22. The lowest BCUT2D eigenvalue weighted by Crippen LogP contribution is -2.32. The van der Waals surface area contributed by atoms with Gasteiger partial charge in [-0.15, -0.1) is 0 Å². The molecule has 2 saturated carbocycles. The van der Waals surface area contributed by atoms with Gasteiger partial charge in [0.2, 0.25) is 0 Å². The molecule has 122 valence electrons. The Bertz CT molecular complexity index is 520. The van der Waals surface area contributed by atoms with Crippen molar-refractivity contribution < 1.29 is 9.47 Å². The number of hydrogen-bond acceptors (Lipinski definition) is 3. The monoisotopic (exact) mass is 367 g/mol. The summed E-state index contributed by atoms with van der Waals surface area (Å²) < 4.78 is 12.8. The molecule has 0 spiro atoms. The van der Waals surface area contributed by atoms with Crippen LogP contribution in [0, 0.1) is 0 Å². The van der Waals surface area contributed by atoms with Crippen molar-refractivity contribution in [2.24, 2.45) is 5.73 Å². The Hall–Kier alpha value is -0.740. The lowest BCUT2D eigenvalue weighted by Gasteiger charge is -2.29. The number of benzene rings is 1. The number of rotatable bonds is 5. The SMILES string of the molecule is COc1cc(C2(CN)CCCC2)cc(Br)c1OC1CCCC1. The first-order valence-electron chi connectivity index (χ1n) is 8.43. The van der Waals surface area contributed by atoms with Crippen LogP contribution in [0.2, 0.25) is 0 Å². The summed E-state index contributed by atoms with van der Waals surface area (Å²) in [5.74, 6) is 1.68. The number of nitrogens with two attached hydrogens (primary N) is 1. The zero-order valence-corrected chi connectivity index (χ0v) is 15.0. The van der Waals surface area contributed by atoms with E-state index < -0.39 is 0 Å². The van der Waals surface area contributed by atoms with E-state index >= 15 is 0 Å². The van der Waals surface area contributed by atoms with Crippen LogP contribution in [0.1, 0.15) is 56.9 Å². The van der Waals surface area contributed by atoms with Crippen LogP contribution >= 0.6 is 15.9 Å². The minimum absolute atomic E-state index is 0.113. The van der Waals surface area contributed by atoms with Gasteiger partial charge in [0.25, 0.3) is 0 Å². The molecule has 0 amide bonds. The molecule has 1 aromatic carbocycles. The molecule has 22 heavy (non-hydrogen) atoms. The summed E-state index contributed by atoms with van der Waals surface area (Å²) in [5, 5.41) is 0. The van der Waals surface area contributed by atoms with Crippen LogP contribution in [-0.4, -0.2) is 19.8 Å². The molecule has 0 radical (unpaired) electrons. The highest BCUT2D eigenvalue weighted by molar-refractivity contribution is 9.10. The fourth-order valence-electron chi connectivity index (χ4n) is 3.98. The van der Waals surface area contributed by atoms with Crippen molar-refractivity contribution in [3.63, 3.8) is 0 Å². The Labute approximate surface area is 141 Å². The summed E-state index contributed by atoms with van der Waals surface area (Å²) in [5.41, 5.74) is 7.52. The molecule has 0 aliphatic heterocycles. The zero-order chi connectivity index (χ0) is 15.6. The van der Waals surface area contributed by atoms with Crippen LogP contribution < -0.4 is 15.2 Å². The summed E-state index contributed by atoms with van der Waals surface area (Å²) in [6, 6.07) is 4.35. The van der Waals surface area contributed by atoms with Crippen LogP contribution in [0.3, 0.4) is 0 Å². The maximum absolute atomic E-state index is 6.21. The highest BCUT2D eigenvalue weighted by atomic mass is 79.9. The fraction of sp³-hybridized carbons (Fsp3) is 0.667. The van der Waals surface area contributed by atoms with Crippen LogP contribution in [0.4, 0.5) is 0 Å². The predicted octanol–water partition coefficient (Wildman–Crippen LogP) is 4.55. The number of ether oxygens (including phenoxy) is 2. The van der Waals surface area contributed by atoms with Crippen LogP contribution in [0.5, 0.6) is 11.5 Å². The van der Waals surface area contributed by atoms with Crippen molar-refractivity contribution in [2.45, 2.75) is 62.9 Å². The molecule has 0 heterocycles. The topological polar surface area (TPSA) is 44.5 Å². The van der Waals surface area contributed by atoms with Crippen molar-refractivity contribution in [2.75, 3.05) is 13.7 Å². The van der Waals surface area contributed by atoms with E-state index in [1.54, 1.807) is 7.11 Å². The van der Waals surface area contributed by atoms with Crippen molar-refractivity contribution >= 4 is 15.9 Å². The van der Waals surface area contributed by atoms with Crippen LogP contribution in [0.15, 0.2) is 16.6 Å². The zero-order valence-electron chi connectivity index (χ0n) is 13.4. The van der Waals surface area contributed by atoms with Gasteiger partial charge in [0.15, 0.2) is 11.5 Å². The standard InChI is InChI=1S/C18H26BrNO2/c1-21-16-11-13(18(12-20)8-4-5-9-18)10-15(19)17(16)22-14-6-2-3-7-14/h10-11,14H,2-9,12,20H2,1H3. The van der Waals surface area contributed by atoms with Gasteiger partial charge in [-0.05, 0) is 72.2 Å². The molecule has 0 aromatic heterocycles. The van der Waals surface area contributed by atoms with Gasteiger partial charge in [0, 0.05) is 12.0 Å². The summed E-state index contributed by atoms with van der Waals surface area (Å²) in [6.07, 6.45) is 10.00. The van der Waals surface area contributed by atoms with E-state index in [1.165, 1.54) is 44.1 Å². The molecule has 0 atom stereocenters. The molecule has 1 aromatic rings. The molecule has 0 saturated heterocycles. The molecule has 4 heteroatoms. The van der Waals surface area contributed by atoms with Gasteiger partial charge in [0.1, 0.15) is 0 Å². The molecular formula is C18H26BrNO2. The summed E-state index contributed by atoms with van der Waals surface area (Å²) in [7, 11) is 1.72. The lowest BCUT2D eigenvalue weighted by molar-refractivity contribution is 0.199. The van der Waals surface area contributed by atoms with Crippen molar-refractivity contribution in [3.8, 4) is 11.5 Å². The Balaban J connectivity index is 1.92. The van der Waals surface area contributed by atoms with Crippen LogP contribution in [-0.2, 0) is 5.41 Å².